The maximum Gasteiger partial charge on any atom is 0.332 e. The predicted molar refractivity (Wildman–Crippen MR) is 59.3 cm³/mol. The number of hydrogen-bond acceptors (Lipinski definition) is 3. The molecule has 3 nitrogen and oxygen atoms in total. The highest BCUT2D eigenvalue weighted by atomic mass is 35.5. The Hall–Kier alpha value is -0.610. The molecule has 1 fully saturated rings. The van der Waals surface area contributed by atoms with Crippen molar-refractivity contribution in [2.45, 2.75) is 37.4 Å². The molecule has 0 aromatic heterocycles. The summed E-state index contributed by atoms with van der Waals surface area (Å²) in [5.41, 5.74) is 0.478. The summed E-state index contributed by atoms with van der Waals surface area (Å²) >= 11 is 5.95. The SMILES string of the molecule is C=C1CC(OCC(=O)OCC)C(Cl)CC1F. The molecule has 1 rings (SSSR count). The summed E-state index contributed by atoms with van der Waals surface area (Å²) in [7, 11) is 0. The van der Waals surface area contributed by atoms with Gasteiger partial charge in [-0.1, -0.05) is 6.58 Å². The number of ether oxygens (including phenoxy) is 2. The van der Waals surface area contributed by atoms with E-state index in [9.17, 15) is 9.18 Å². The summed E-state index contributed by atoms with van der Waals surface area (Å²) in [4.78, 5) is 11.1. The topological polar surface area (TPSA) is 35.5 Å². The summed E-state index contributed by atoms with van der Waals surface area (Å²) in [5.74, 6) is -0.431. The summed E-state index contributed by atoms with van der Waals surface area (Å²) in [6.45, 7) is 5.50. The molecule has 5 heteroatoms. The first-order valence-electron chi connectivity index (χ1n) is 5.27. The molecule has 0 aliphatic heterocycles. The van der Waals surface area contributed by atoms with Gasteiger partial charge in [0.2, 0.25) is 0 Å². The van der Waals surface area contributed by atoms with Crippen LogP contribution in [-0.4, -0.2) is 36.8 Å². The van der Waals surface area contributed by atoms with Gasteiger partial charge in [-0.25, -0.2) is 9.18 Å². The van der Waals surface area contributed by atoms with Gasteiger partial charge in [0.15, 0.2) is 0 Å². The van der Waals surface area contributed by atoms with Crippen LogP contribution in [0.5, 0.6) is 0 Å². The van der Waals surface area contributed by atoms with Crippen LogP contribution in [0.2, 0.25) is 0 Å². The van der Waals surface area contributed by atoms with Crippen molar-refractivity contribution in [3.8, 4) is 0 Å². The fourth-order valence-corrected chi connectivity index (χ4v) is 1.89. The number of hydrogen-bond donors (Lipinski definition) is 0. The van der Waals surface area contributed by atoms with Crippen LogP contribution in [0.1, 0.15) is 19.8 Å². The summed E-state index contributed by atoms with van der Waals surface area (Å²) in [6, 6.07) is 0. The van der Waals surface area contributed by atoms with Gasteiger partial charge in [0.25, 0.3) is 0 Å². The number of halogens is 2. The van der Waals surface area contributed by atoms with E-state index in [-0.39, 0.29) is 19.1 Å². The van der Waals surface area contributed by atoms with Crippen molar-refractivity contribution >= 4 is 17.6 Å². The lowest BCUT2D eigenvalue weighted by atomic mass is 9.91. The number of carbonyl (C=O) groups excluding carboxylic acids is 1. The maximum absolute atomic E-state index is 13.2. The van der Waals surface area contributed by atoms with Gasteiger partial charge in [-0.2, -0.15) is 0 Å². The fourth-order valence-electron chi connectivity index (χ4n) is 1.57. The molecule has 0 heterocycles. The summed E-state index contributed by atoms with van der Waals surface area (Å²) < 4.78 is 23.2. The lowest BCUT2D eigenvalue weighted by Gasteiger charge is -2.30. The second-order valence-corrected chi connectivity index (χ2v) is 4.30. The van der Waals surface area contributed by atoms with Gasteiger partial charge in [0.05, 0.1) is 18.1 Å². The van der Waals surface area contributed by atoms with Crippen molar-refractivity contribution in [1.82, 2.24) is 0 Å². The van der Waals surface area contributed by atoms with Crippen molar-refractivity contribution in [3.63, 3.8) is 0 Å². The Morgan fingerprint density at radius 2 is 2.38 bits per heavy atom. The molecule has 0 amide bonds. The zero-order chi connectivity index (χ0) is 12.1. The second kappa shape index (κ2) is 6.21. The van der Waals surface area contributed by atoms with Crippen LogP contribution >= 0.6 is 11.6 Å². The molecule has 0 aromatic carbocycles. The fraction of sp³-hybridized carbons (Fsp3) is 0.727. The van der Waals surface area contributed by atoms with Crippen LogP contribution in [-0.2, 0) is 14.3 Å². The Kier molecular flexibility index (Phi) is 5.22. The molecule has 0 N–H and O–H groups in total. The van der Waals surface area contributed by atoms with E-state index in [4.69, 9.17) is 21.1 Å². The highest BCUT2D eigenvalue weighted by Crippen LogP contribution is 2.30. The van der Waals surface area contributed by atoms with E-state index >= 15 is 0 Å². The number of carbonyl (C=O) groups is 1. The normalized spacial score (nSPS) is 30.2. The minimum absolute atomic E-state index is 0.147. The number of alkyl halides is 2. The molecular formula is C11H16ClFO3. The van der Waals surface area contributed by atoms with Crippen molar-refractivity contribution in [2.24, 2.45) is 0 Å². The van der Waals surface area contributed by atoms with E-state index in [1.54, 1.807) is 6.92 Å². The van der Waals surface area contributed by atoms with Crippen LogP contribution < -0.4 is 0 Å². The molecule has 0 radical (unpaired) electrons. The third kappa shape index (κ3) is 3.76. The predicted octanol–water partition coefficient (Wildman–Crippen LogP) is 2.23. The monoisotopic (exact) mass is 250 g/mol. The number of esters is 1. The van der Waals surface area contributed by atoms with Gasteiger partial charge in [0.1, 0.15) is 12.8 Å². The van der Waals surface area contributed by atoms with Crippen LogP contribution in [0.4, 0.5) is 4.39 Å². The zero-order valence-corrected chi connectivity index (χ0v) is 10.0. The van der Waals surface area contributed by atoms with Gasteiger partial charge >= 0.3 is 5.97 Å². The molecule has 0 aromatic rings. The van der Waals surface area contributed by atoms with Gasteiger partial charge in [-0.05, 0) is 18.9 Å². The van der Waals surface area contributed by atoms with E-state index in [2.05, 4.69) is 6.58 Å². The van der Waals surface area contributed by atoms with Gasteiger partial charge in [0, 0.05) is 6.42 Å². The van der Waals surface area contributed by atoms with Gasteiger partial charge < -0.3 is 9.47 Å². The molecular weight excluding hydrogens is 235 g/mol. The number of rotatable bonds is 4. The largest absolute Gasteiger partial charge is 0.464 e. The molecule has 1 saturated carbocycles. The minimum Gasteiger partial charge on any atom is -0.464 e. The van der Waals surface area contributed by atoms with E-state index in [0.29, 0.717) is 18.6 Å². The van der Waals surface area contributed by atoms with Crippen molar-refractivity contribution in [3.05, 3.63) is 12.2 Å². The molecule has 1 aliphatic rings. The molecule has 3 atom stereocenters. The van der Waals surface area contributed by atoms with Crippen molar-refractivity contribution < 1.29 is 18.7 Å². The second-order valence-electron chi connectivity index (χ2n) is 3.74. The van der Waals surface area contributed by atoms with Crippen molar-refractivity contribution in [1.29, 1.82) is 0 Å². The van der Waals surface area contributed by atoms with Crippen LogP contribution in [0.25, 0.3) is 0 Å². The third-order valence-corrected chi connectivity index (χ3v) is 2.92. The minimum atomic E-state index is -1.06. The van der Waals surface area contributed by atoms with Crippen LogP contribution in [0.15, 0.2) is 12.2 Å². The van der Waals surface area contributed by atoms with E-state index in [0.717, 1.165) is 0 Å². The first kappa shape index (κ1) is 13.5. The zero-order valence-electron chi connectivity index (χ0n) is 9.25. The molecule has 16 heavy (non-hydrogen) atoms. The Balaban J connectivity index is 2.36. The highest BCUT2D eigenvalue weighted by Gasteiger charge is 2.32. The summed E-state index contributed by atoms with van der Waals surface area (Å²) in [6.07, 6.45) is -0.877. The van der Waals surface area contributed by atoms with Gasteiger partial charge in [-0.3, -0.25) is 0 Å². The van der Waals surface area contributed by atoms with E-state index in [1.807, 2.05) is 0 Å². The highest BCUT2D eigenvalue weighted by molar-refractivity contribution is 6.21. The van der Waals surface area contributed by atoms with Crippen LogP contribution in [0.3, 0.4) is 0 Å². The summed E-state index contributed by atoms with van der Waals surface area (Å²) in [5, 5.41) is -0.421. The first-order valence-corrected chi connectivity index (χ1v) is 5.71. The molecule has 0 saturated heterocycles. The Morgan fingerprint density at radius 3 is 3.00 bits per heavy atom. The average molecular weight is 251 g/mol. The van der Waals surface area contributed by atoms with E-state index < -0.39 is 17.5 Å². The molecule has 0 bridgehead atoms. The van der Waals surface area contributed by atoms with E-state index in [1.165, 1.54) is 0 Å². The van der Waals surface area contributed by atoms with Crippen molar-refractivity contribution in [2.75, 3.05) is 13.2 Å². The maximum atomic E-state index is 13.2. The molecule has 1 aliphatic carbocycles. The smallest absolute Gasteiger partial charge is 0.332 e. The van der Waals surface area contributed by atoms with Gasteiger partial charge in [-0.15, -0.1) is 11.6 Å². The Labute approximate surface area is 99.6 Å². The lowest BCUT2D eigenvalue weighted by molar-refractivity contribution is -0.150. The standard InChI is InChI=1S/C11H16ClFO3/c1-3-15-11(14)6-16-10-4-7(2)9(13)5-8(10)12/h8-10H,2-6H2,1H3. The Morgan fingerprint density at radius 1 is 1.69 bits per heavy atom. The third-order valence-electron chi connectivity index (χ3n) is 2.46. The first-order chi connectivity index (χ1) is 7.54. The molecule has 3 unspecified atom stereocenters. The Bertz CT molecular complexity index is 270. The molecule has 92 valence electrons. The molecule has 0 spiro atoms. The quantitative estimate of drug-likeness (QED) is 0.436. The average Bonchev–Trinajstić information content (AvgIpc) is 2.22. The lowest BCUT2D eigenvalue weighted by Crippen LogP contribution is -2.35. The van der Waals surface area contributed by atoms with Crippen LogP contribution in [0, 0.1) is 0 Å².